The molecule has 0 amide bonds. The van der Waals surface area contributed by atoms with Gasteiger partial charge in [0.05, 0.1) is 37.0 Å². The van der Waals surface area contributed by atoms with Crippen LogP contribution in [0, 0.1) is 0 Å². The van der Waals surface area contributed by atoms with Crippen LogP contribution in [0.4, 0.5) is 0 Å². The molecule has 0 aromatic heterocycles. The summed E-state index contributed by atoms with van der Waals surface area (Å²) in [5.41, 5.74) is 0. The van der Waals surface area contributed by atoms with Crippen LogP contribution in [0.25, 0.3) is 0 Å². The zero-order valence-electron chi connectivity index (χ0n) is 21.8. The van der Waals surface area contributed by atoms with E-state index in [9.17, 15) is 0 Å². The maximum Gasteiger partial charge on any atom is 0.0571 e. The summed E-state index contributed by atoms with van der Waals surface area (Å²) in [4.78, 5) is 0. The molecule has 31 heavy (non-hydrogen) atoms. The van der Waals surface area contributed by atoms with Crippen molar-refractivity contribution in [2.75, 3.05) is 37.0 Å². The van der Waals surface area contributed by atoms with Crippen molar-refractivity contribution in [2.24, 2.45) is 0 Å². The van der Waals surface area contributed by atoms with Gasteiger partial charge in [-0.2, -0.15) is 0 Å². The van der Waals surface area contributed by atoms with Gasteiger partial charge in [-0.05, 0) is 38.5 Å². The van der Waals surface area contributed by atoms with Crippen LogP contribution in [0.15, 0.2) is 0 Å². The van der Waals surface area contributed by atoms with Crippen molar-refractivity contribution in [3.63, 3.8) is 0 Å². The number of unbranched alkanes of at least 4 members (excludes halogenated alkanes) is 6. The summed E-state index contributed by atoms with van der Waals surface area (Å²) < 4.78 is 34.1. The lowest BCUT2D eigenvalue weighted by Crippen LogP contribution is -1.95. The predicted octanol–water partition coefficient (Wildman–Crippen LogP) is 7.86. The predicted molar refractivity (Wildman–Crippen MR) is 146 cm³/mol. The highest BCUT2D eigenvalue weighted by molar-refractivity contribution is 7.79. The SMILES string of the molecule is CCCC[PH+](CCCC)CCCC.CCCC[PH+](CCCC)CCCC.O=S(=O)([O-])[O-]. The summed E-state index contributed by atoms with van der Waals surface area (Å²) >= 11 is 0. The fourth-order valence-electron chi connectivity index (χ4n) is 3.31. The molecule has 7 heteroatoms. The second-order valence-corrected chi connectivity index (χ2v) is 15.3. The summed E-state index contributed by atoms with van der Waals surface area (Å²) in [7, 11) is -5.03. The molecule has 0 saturated carbocycles. The van der Waals surface area contributed by atoms with E-state index in [0.717, 1.165) is 0 Å². The Hall–Kier alpha value is 0.730. The quantitative estimate of drug-likeness (QED) is 0.108. The molecule has 0 aliphatic rings. The minimum atomic E-state index is -5.17. The molecule has 0 atom stereocenters. The first kappa shape index (κ1) is 36.3. The van der Waals surface area contributed by atoms with E-state index in [4.69, 9.17) is 17.5 Å². The van der Waals surface area contributed by atoms with E-state index in [0.29, 0.717) is 0 Å². The molecule has 0 heterocycles. The maximum absolute atomic E-state index is 8.52. The van der Waals surface area contributed by atoms with Crippen LogP contribution in [0.2, 0.25) is 0 Å². The molecule has 0 aliphatic heterocycles. The maximum atomic E-state index is 8.52. The highest BCUT2D eigenvalue weighted by atomic mass is 32.3. The molecule has 0 N–H and O–H groups in total. The second kappa shape index (κ2) is 28.8. The summed E-state index contributed by atoms with van der Waals surface area (Å²) in [6.07, 6.45) is 26.8. The minimum absolute atomic E-state index is 0.0675. The van der Waals surface area contributed by atoms with Crippen molar-refractivity contribution in [2.45, 2.75) is 119 Å². The number of hydrogen-bond donors (Lipinski definition) is 0. The molecule has 0 saturated heterocycles. The second-order valence-electron chi connectivity index (χ2n) is 8.53. The lowest BCUT2D eigenvalue weighted by molar-refractivity contribution is 0.352. The Bertz CT molecular complexity index is 350. The Labute approximate surface area is 199 Å². The third-order valence-corrected chi connectivity index (χ3v) is 11.7. The van der Waals surface area contributed by atoms with Gasteiger partial charge in [0.1, 0.15) is 0 Å². The van der Waals surface area contributed by atoms with Crippen LogP contribution in [0.3, 0.4) is 0 Å². The van der Waals surface area contributed by atoms with Crippen molar-refractivity contribution in [1.29, 1.82) is 0 Å². The first-order valence-corrected chi connectivity index (χ1v) is 18.6. The topological polar surface area (TPSA) is 80.3 Å². The van der Waals surface area contributed by atoms with Gasteiger partial charge in [-0.1, -0.05) is 80.1 Å². The average molecular weight is 503 g/mol. The number of hydrogen-bond acceptors (Lipinski definition) is 4. The van der Waals surface area contributed by atoms with Gasteiger partial charge in [-0.3, -0.25) is 8.42 Å². The summed E-state index contributed by atoms with van der Waals surface area (Å²) in [5.74, 6) is 0. The van der Waals surface area contributed by atoms with Gasteiger partial charge in [0.25, 0.3) is 0 Å². The molecule has 0 radical (unpaired) electrons. The summed E-state index contributed by atoms with van der Waals surface area (Å²) in [5, 5.41) is 0. The molecule has 0 fully saturated rings. The van der Waals surface area contributed by atoms with Crippen LogP contribution in [0.5, 0.6) is 0 Å². The van der Waals surface area contributed by atoms with E-state index >= 15 is 0 Å². The zero-order valence-corrected chi connectivity index (χ0v) is 24.6. The van der Waals surface area contributed by atoms with Gasteiger partial charge in [0.2, 0.25) is 0 Å². The normalized spacial score (nSPS) is 11.2. The molecular formula is C24H56O4P2S. The molecular weight excluding hydrogens is 446 g/mol. The summed E-state index contributed by atoms with van der Waals surface area (Å²) in [6, 6.07) is 0. The highest BCUT2D eigenvalue weighted by Crippen LogP contribution is 2.39. The Morgan fingerprint density at radius 3 is 0.677 bits per heavy atom. The van der Waals surface area contributed by atoms with Crippen LogP contribution in [-0.4, -0.2) is 54.5 Å². The zero-order chi connectivity index (χ0) is 24.4. The van der Waals surface area contributed by atoms with Crippen LogP contribution in [-0.2, 0) is 10.4 Å². The van der Waals surface area contributed by atoms with Gasteiger partial charge in [-0.15, -0.1) is 0 Å². The molecule has 0 aromatic carbocycles. The van der Waals surface area contributed by atoms with Crippen molar-refractivity contribution in [1.82, 2.24) is 0 Å². The smallest absolute Gasteiger partial charge is 0.0571 e. The van der Waals surface area contributed by atoms with Crippen LogP contribution in [0.1, 0.15) is 119 Å². The van der Waals surface area contributed by atoms with E-state index in [-0.39, 0.29) is 15.8 Å². The average Bonchev–Trinajstić information content (AvgIpc) is 2.72. The highest BCUT2D eigenvalue weighted by Gasteiger charge is 2.13. The van der Waals surface area contributed by atoms with E-state index in [1.807, 2.05) is 0 Å². The Morgan fingerprint density at radius 2 is 0.581 bits per heavy atom. The van der Waals surface area contributed by atoms with Crippen molar-refractivity contribution in [3.05, 3.63) is 0 Å². The lowest BCUT2D eigenvalue weighted by Gasteiger charge is -2.09. The molecule has 192 valence electrons. The van der Waals surface area contributed by atoms with Gasteiger partial charge < -0.3 is 9.11 Å². The third-order valence-electron chi connectivity index (χ3n) is 5.30. The standard InChI is InChI=1S/2C12H27P.H2O4S/c2*1-4-7-10-13(11-8-5-2)12-9-6-3;1-5(2,3)4/h2*4-12H2,1-3H3;(H2,1,2,3,4). The fraction of sp³-hybridized carbons (Fsp3) is 1.00. The Balaban J connectivity index is -0.000000416. The summed E-state index contributed by atoms with van der Waals surface area (Å²) in [6.45, 7) is 13.9. The molecule has 0 rings (SSSR count). The first-order valence-electron chi connectivity index (χ1n) is 13.0. The molecule has 0 unspecified atom stereocenters. The van der Waals surface area contributed by atoms with E-state index in [1.165, 1.54) is 77.0 Å². The monoisotopic (exact) mass is 502 g/mol. The Morgan fingerprint density at radius 1 is 0.452 bits per heavy atom. The molecule has 0 aliphatic carbocycles. The van der Waals surface area contributed by atoms with E-state index in [1.54, 1.807) is 37.0 Å². The lowest BCUT2D eigenvalue weighted by atomic mass is 10.4. The largest absolute Gasteiger partial charge is 0.759 e. The van der Waals surface area contributed by atoms with E-state index in [2.05, 4.69) is 41.5 Å². The minimum Gasteiger partial charge on any atom is -0.759 e. The van der Waals surface area contributed by atoms with Gasteiger partial charge in [-0.25, -0.2) is 0 Å². The van der Waals surface area contributed by atoms with Gasteiger partial charge in [0.15, 0.2) is 0 Å². The third kappa shape index (κ3) is 41.5. The molecule has 4 nitrogen and oxygen atoms in total. The van der Waals surface area contributed by atoms with Gasteiger partial charge >= 0.3 is 0 Å². The van der Waals surface area contributed by atoms with Crippen molar-refractivity contribution >= 4 is 26.2 Å². The Kier molecular flexibility index (Phi) is 33.7. The van der Waals surface area contributed by atoms with E-state index < -0.39 is 10.4 Å². The van der Waals surface area contributed by atoms with Gasteiger partial charge in [0, 0.05) is 26.2 Å². The van der Waals surface area contributed by atoms with Crippen molar-refractivity contribution < 1.29 is 17.5 Å². The fourth-order valence-corrected chi connectivity index (χ4v) is 9.93. The molecule has 0 aromatic rings. The van der Waals surface area contributed by atoms with Crippen molar-refractivity contribution in [3.8, 4) is 0 Å². The van der Waals surface area contributed by atoms with Crippen LogP contribution < -0.4 is 0 Å². The first-order chi connectivity index (χ1) is 14.7. The molecule has 0 spiro atoms. The van der Waals surface area contributed by atoms with Crippen LogP contribution >= 0.6 is 15.8 Å². The number of rotatable bonds is 18. The molecule has 0 bridgehead atoms.